The van der Waals surface area contributed by atoms with Crippen LogP contribution < -0.4 is 5.32 Å². The summed E-state index contributed by atoms with van der Waals surface area (Å²) in [6, 6.07) is 1.60. The Balaban J connectivity index is 1.84. The molecule has 1 aromatic heterocycles. The number of carbonyl (C=O) groups excluding carboxylic acids is 2. The molecule has 1 aliphatic rings. The zero-order valence-corrected chi connectivity index (χ0v) is 11.6. The lowest BCUT2D eigenvalue weighted by atomic mass is 9.95. The second-order valence-electron chi connectivity index (χ2n) is 4.88. The Kier molecular flexibility index (Phi) is 4.55. The molecule has 0 aromatic carbocycles. The van der Waals surface area contributed by atoms with E-state index in [2.05, 4.69) is 10.5 Å². The predicted molar refractivity (Wildman–Crippen MR) is 71.9 cm³/mol. The number of esters is 1. The smallest absolute Gasteiger partial charge is 0.310 e. The summed E-state index contributed by atoms with van der Waals surface area (Å²) in [5, 5.41) is 6.17. The van der Waals surface area contributed by atoms with Crippen LogP contribution in [0.15, 0.2) is 22.7 Å². The fourth-order valence-corrected chi connectivity index (χ4v) is 1.98. The van der Waals surface area contributed by atoms with Crippen LogP contribution in [0.4, 0.5) is 5.88 Å². The van der Waals surface area contributed by atoms with Crippen LogP contribution in [-0.2, 0) is 14.3 Å². The lowest BCUT2D eigenvalue weighted by Crippen LogP contribution is -2.32. The molecule has 6 nitrogen and oxygen atoms in total. The standard InChI is InChI=1S/C14H18N2O4/c1-9-8-12(20-16-9)15-13(17)10(2)19-14(18)11-6-4-3-5-7-11/h3-4,8,10-11H,5-7H2,1-2H3,(H,15,17). The summed E-state index contributed by atoms with van der Waals surface area (Å²) in [7, 11) is 0. The average molecular weight is 278 g/mol. The molecule has 1 aromatic rings. The topological polar surface area (TPSA) is 81.4 Å². The first-order valence-electron chi connectivity index (χ1n) is 6.66. The van der Waals surface area contributed by atoms with Crippen LogP contribution in [0, 0.1) is 12.8 Å². The molecule has 2 atom stereocenters. The molecule has 2 unspecified atom stereocenters. The van der Waals surface area contributed by atoms with Crippen LogP contribution in [0.3, 0.4) is 0 Å². The van der Waals surface area contributed by atoms with Gasteiger partial charge in [0.1, 0.15) is 0 Å². The van der Waals surface area contributed by atoms with E-state index in [0.717, 1.165) is 12.8 Å². The minimum Gasteiger partial charge on any atom is -0.452 e. The van der Waals surface area contributed by atoms with E-state index >= 15 is 0 Å². The minimum absolute atomic E-state index is 0.150. The molecule has 0 radical (unpaired) electrons. The number of hydrogen-bond acceptors (Lipinski definition) is 5. The molecule has 0 aliphatic heterocycles. The van der Waals surface area contributed by atoms with Gasteiger partial charge in [-0.1, -0.05) is 17.3 Å². The fraction of sp³-hybridized carbons (Fsp3) is 0.500. The number of allylic oxidation sites excluding steroid dienone is 2. The molecule has 2 rings (SSSR count). The Labute approximate surface area is 117 Å². The van der Waals surface area contributed by atoms with Crippen molar-refractivity contribution in [1.29, 1.82) is 0 Å². The summed E-state index contributed by atoms with van der Waals surface area (Å²) < 4.78 is 10.1. The molecule has 1 amide bonds. The second-order valence-corrected chi connectivity index (χ2v) is 4.88. The maximum atomic E-state index is 11.9. The summed E-state index contributed by atoms with van der Waals surface area (Å²) in [6.45, 7) is 3.29. The Hall–Kier alpha value is -2.11. The fourth-order valence-electron chi connectivity index (χ4n) is 1.98. The highest BCUT2D eigenvalue weighted by atomic mass is 16.5. The van der Waals surface area contributed by atoms with Gasteiger partial charge in [-0.3, -0.25) is 14.9 Å². The number of ether oxygens (including phenoxy) is 1. The van der Waals surface area contributed by atoms with Gasteiger partial charge in [-0.25, -0.2) is 0 Å². The van der Waals surface area contributed by atoms with Crippen molar-refractivity contribution in [2.45, 2.75) is 39.2 Å². The second kappa shape index (κ2) is 6.36. The highest BCUT2D eigenvalue weighted by Gasteiger charge is 2.25. The van der Waals surface area contributed by atoms with Gasteiger partial charge >= 0.3 is 5.97 Å². The van der Waals surface area contributed by atoms with Crippen molar-refractivity contribution >= 4 is 17.8 Å². The molecule has 0 spiro atoms. The maximum absolute atomic E-state index is 11.9. The zero-order chi connectivity index (χ0) is 14.5. The lowest BCUT2D eigenvalue weighted by molar-refractivity contribution is -0.157. The minimum atomic E-state index is -0.862. The molecule has 0 saturated heterocycles. The van der Waals surface area contributed by atoms with Crippen LogP contribution in [0.2, 0.25) is 0 Å². The third-order valence-electron chi connectivity index (χ3n) is 3.14. The number of anilines is 1. The van der Waals surface area contributed by atoms with Crippen LogP contribution in [-0.4, -0.2) is 23.1 Å². The molecular weight excluding hydrogens is 260 g/mol. The van der Waals surface area contributed by atoms with E-state index in [1.807, 2.05) is 12.2 Å². The molecule has 0 bridgehead atoms. The van der Waals surface area contributed by atoms with E-state index in [4.69, 9.17) is 9.26 Å². The Morgan fingerprint density at radius 2 is 2.30 bits per heavy atom. The summed E-state index contributed by atoms with van der Waals surface area (Å²) in [5.41, 5.74) is 0.666. The first-order valence-corrected chi connectivity index (χ1v) is 6.66. The Morgan fingerprint density at radius 3 is 2.90 bits per heavy atom. The van der Waals surface area contributed by atoms with Crippen molar-refractivity contribution in [3.05, 3.63) is 23.9 Å². The van der Waals surface area contributed by atoms with E-state index in [0.29, 0.717) is 12.1 Å². The molecule has 20 heavy (non-hydrogen) atoms. The van der Waals surface area contributed by atoms with Crippen LogP contribution in [0.25, 0.3) is 0 Å². The quantitative estimate of drug-likeness (QED) is 0.674. The number of aryl methyl sites for hydroxylation is 1. The maximum Gasteiger partial charge on any atom is 0.310 e. The van der Waals surface area contributed by atoms with Crippen LogP contribution in [0.5, 0.6) is 0 Å². The van der Waals surface area contributed by atoms with Gasteiger partial charge in [0.05, 0.1) is 11.6 Å². The number of rotatable bonds is 4. The highest BCUT2D eigenvalue weighted by molar-refractivity contribution is 5.94. The summed E-state index contributed by atoms with van der Waals surface area (Å²) in [5.74, 6) is -0.662. The number of amides is 1. The molecule has 6 heteroatoms. The number of nitrogens with zero attached hydrogens (tertiary/aromatic N) is 1. The third kappa shape index (κ3) is 3.69. The molecule has 1 heterocycles. The largest absolute Gasteiger partial charge is 0.452 e. The van der Waals surface area contributed by atoms with Gasteiger partial charge in [0.2, 0.25) is 5.88 Å². The van der Waals surface area contributed by atoms with Crippen molar-refractivity contribution in [3.63, 3.8) is 0 Å². The summed E-state index contributed by atoms with van der Waals surface area (Å²) in [6.07, 6.45) is 5.47. The third-order valence-corrected chi connectivity index (χ3v) is 3.14. The van der Waals surface area contributed by atoms with Crippen molar-refractivity contribution in [2.24, 2.45) is 5.92 Å². The molecule has 108 valence electrons. The zero-order valence-electron chi connectivity index (χ0n) is 11.6. The van der Waals surface area contributed by atoms with E-state index in [1.165, 1.54) is 6.92 Å². The lowest BCUT2D eigenvalue weighted by Gasteiger charge is -2.19. The van der Waals surface area contributed by atoms with E-state index in [1.54, 1.807) is 13.0 Å². The number of hydrogen-bond donors (Lipinski definition) is 1. The SMILES string of the molecule is Cc1cc(NC(=O)C(C)OC(=O)C2CC=CCC2)on1. The van der Waals surface area contributed by atoms with Crippen molar-refractivity contribution in [2.75, 3.05) is 5.32 Å². The summed E-state index contributed by atoms with van der Waals surface area (Å²) >= 11 is 0. The molecular formula is C14H18N2O4. The van der Waals surface area contributed by atoms with E-state index < -0.39 is 12.0 Å². The highest BCUT2D eigenvalue weighted by Crippen LogP contribution is 2.20. The monoisotopic (exact) mass is 278 g/mol. The summed E-state index contributed by atoms with van der Waals surface area (Å²) in [4.78, 5) is 23.7. The molecule has 0 fully saturated rings. The Bertz CT molecular complexity index is 521. The normalized spacial score (nSPS) is 19.4. The first kappa shape index (κ1) is 14.3. The number of aromatic nitrogens is 1. The average Bonchev–Trinajstić information content (AvgIpc) is 2.85. The van der Waals surface area contributed by atoms with Gasteiger partial charge in [-0.2, -0.15) is 0 Å². The predicted octanol–water partition coefficient (Wildman–Crippen LogP) is 2.21. The van der Waals surface area contributed by atoms with Crippen LogP contribution >= 0.6 is 0 Å². The van der Waals surface area contributed by atoms with Gasteiger partial charge in [-0.15, -0.1) is 0 Å². The Morgan fingerprint density at radius 1 is 1.50 bits per heavy atom. The molecule has 1 aliphatic carbocycles. The number of nitrogens with one attached hydrogen (secondary N) is 1. The van der Waals surface area contributed by atoms with Gasteiger partial charge in [0.15, 0.2) is 6.10 Å². The molecule has 1 N–H and O–H groups in total. The van der Waals surface area contributed by atoms with Gasteiger partial charge in [-0.05, 0) is 33.1 Å². The molecule has 0 saturated carbocycles. The van der Waals surface area contributed by atoms with E-state index in [-0.39, 0.29) is 17.8 Å². The van der Waals surface area contributed by atoms with Crippen molar-refractivity contribution < 1.29 is 18.8 Å². The van der Waals surface area contributed by atoms with E-state index in [9.17, 15) is 9.59 Å². The number of carbonyl (C=O) groups is 2. The first-order chi connectivity index (χ1) is 9.56. The van der Waals surface area contributed by atoms with Gasteiger partial charge in [0, 0.05) is 6.07 Å². The van der Waals surface area contributed by atoms with Crippen LogP contribution in [0.1, 0.15) is 31.9 Å². The van der Waals surface area contributed by atoms with Gasteiger partial charge < -0.3 is 9.26 Å². The van der Waals surface area contributed by atoms with Crippen molar-refractivity contribution in [1.82, 2.24) is 5.16 Å². The van der Waals surface area contributed by atoms with Crippen molar-refractivity contribution in [3.8, 4) is 0 Å². The van der Waals surface area contributed by atoms with Gasteiger partial charge in [0.25, 0.3) is 5.91 Å².